The van der Waals surface area contributed by atoms with Crippen LogP contribution in [0.25, 0.3) is 0 Å². The monoisotopic (exact) mass is 291 g/mol. The Kier molecular flexibility index (Phi) is 5.25. The molecule has 0 saturated heterocycles. The van der Waals surface area contributed by atoms with Crippen molar-refractivity contribution in [2.24, 2.45) is 0 Å². The quantitative estimate of drug-likeness (QED) is 0.660. The molecule has 5 nitrogen and oxygen atoms in total. The molecule has 0 aliphatic carbocycles. The van der Waals surface area contributed by atoms with Gasteiger partial charge in [-0.15, -0.1) is 0 Å². The predicted octanol–water partition coefficient (Wildman–Crippen LogP) is 2.59. The molecule has 0 aliphatic rings. The van der Waals surface area contributed by atoms with E-state index in [9.17, 15) is 14.7 Å². The van der Waals surface area contributed by atoms with Crippen LogP contribution in [0.1, 0.15) is 12.8 Å². The van der Waals surface area contributed by atoms with Crippen LogP contribution in [-0.4, -0.2) is 24.1 Å². The summed E-state index contributed by atoms with van der Waals surface area (Å²) in [6, 6.07) is 2.72. The Hall–Kier alpha value is -1.46. The van der Waals surface area contributed by atoms with Crippen LogP contribution in [0.3, 0.4) is 0 Å². The molecular formula is C11H11Cl2NO4. The highest BCUT2D eigenvalue weighted by atomic mass is 35.5. The molecule has 7 heteroatoms. The Balaban J connectivity index is 2.62. The van der Waals surface area contributed by atoms with Gasteiger partial charge in [-0.1, -0.05) is 23.2 Å². The Labute approximate surface area is 114 Å². The highest BCUT2D eigenvalue weighted by Gasteiger charge is 2.10. The maximum Gasteiger partial charge on any atom is 0.306 e. The van der Waals surface area contributed by atoms with Gasteiger partial charge in [0.05, 0.1) is 23.6 Å². The summed E-state index contributed by atoms with van der Waals surface area (Å²) in [5.74, 6) is -1.09. The Morgan fingerprint density at radius 3 is 2.33 bits per heavy atom. The first-order chi connectivity index (χ1) is 8.43. The summed E-state index contributed by atoms with van der Waals surface area (Å²) in [7, 11) is 1.25. The predicted molar refractivity (Wildman–Crippen MR) is 68.0 cm³/mol. The number of phenolic OH excluding ortho intramolecular Hbond substituents is 1. The van der Waals surface area contributed by atoms with Crippen molar-refractivity contribution in [2.45, 2.75) is 12.8 Å². The van der Waals surface area contributed by atoms with Gasteiger partial charge >= 0.3 is 5.97 Å². The molecule has 1 rings (SSSR count). The van der Waals surface area contributed by atoms with Crippen molar-refractivity contribution in [3.63, 3.8) is 0 Å². The van der Waals surface area contributed by atoms with Gasteiger partial charge in [-0.25, -0.2) is 0 Å². The van der Waals surface area contributed by atoms with E-state index >= 15 is 0 Å². The lowest BCUT2D eigenvalue weighted by molar-refractivity contribution is -0.141. The minimum absolute atomic E-state index is 0.0111. The molecule has 0 heterocycles. The molecule has 0 bridgehead atoms. The molecule has 0 aliphatic heterocycles. The third kappa shape index (κ3) is 4.09. The average Bonchev–Trinajstić information content (AvgIpc) is 2.32. The fourth-order valence-corrected chi connectivity index (χ4v) is 1.67. The first kappa shape index (κ1) is 14.6. The zero-order chi connectivity index (χ0) is 13.7. The van der Waals surface area contributed by atoms with Gasteiger partial charge in [0.2, 0.25) is 5.91 Å². The summed E-state index contributed by atoms with van der Waals surface area (Å²) >= 11 is 11.4. The van der Waals surface area contributed by atoms with E-state index in [2.05, 4.69) is 10.1 Å². The molecule has 18 heavy (non-hydrogen) atoms. The van der Waals surface area contributed by atoms with Gasteiger partial charge in [-0.2, -0.15) is 0 Å². The van der Waals surface area contributed by atoms with Gasteiger partial charge < -0.3 is 15.2 Å². The van der Waals surface area contributed by atoms with E-state index in [4.69, 9.17) is 23.2 Å². The lowest BCUT2D eigenvalue weighted by Crippen LogP contribution is -2.13. The number of benzene rings is 1. The summed E-state index contributed by atoms with van der Waals surface area (Å²) in [4.78, 5) is 22.3. The van der Waals surface area contributed by atoms with Crippen LogP contribution < -0.4 is 5.32 Å². The van der Waals surface area contributed by atoms with Crippen molar-refractivity contribution in [3.05, 3.63) is 22.2 Å². The molecule has 0 spiro atoms. The summed E-state index contributed by atoms with van der Waals surface area (Å²) in [5.41, 5.74) is 0.345. The highest BCUT2D eigenvalue weighted by molar-refractivity contribution is 6.37. The smallest absolute Gasteiger partial charge is 0.306 e. The number of ether oxygens (including phenoxy) is 1. The molecule has 0 aromatic heterocycles. The molecule has 0 saturated carbocycles. The number of aromatic hydroxyl groups is 1. The molecule has 1 aromatic carbocycles. The Morgan fingerprint density at radius 1 is 1.28 bits per heavy atom. The van der Waals surface area contributed by atoms with Gasteiger partial charge in [0, 0.05) is 12.1 Å². The lowest BCUT2D eigenvalue weighted by Gasteiger charge is -2.07. The van der Waals surface area contributed by atoms with Crippen molar-refractivity contribution in [1.82, 2.24) is 0 Å². The van der Waals surface area contributed by atoms with E-state index < -0.39 is 5.97 Å². The van der Waals surface area contributed by atoms with Crippen molar-refractivity contribution < 1.29 is 19.4 Å². The Bertz CT molecular complexity index is 453. The number of hydrogen-bond donors (Lipinski definition) is 2. The number of methoxy groups -OCH3 is 1. The fourth-order valence-electron chi connectivity index (χ4n) is 1.18. The highest BCUT2D eigenvalue weighted by Crippen LogP contribution is 2.34. The van der Waals surface area contributed by atoms with Gasteiger partial charge in [0.1, 0.15) is 0 Å². The minimum atomic E-state index is -0.466. The number of esters is 1. The second-order valence-electron chi connectivity index (χ2n) is 3.41. The molecule has 0 atom stereocenters. The van der Waals surface area contributed by atoms with Crippen LogP contribution in [0.4, 0.5) is 5.69 Å². The summed E-state index contributed by atoms with van der Waals surface area (Å²) in [6.07, 6.45) is -0.0231. The van der Waals surface area contributed by atoms with Gasteiger partial charge in [-0.05, 0) is 12.1 Å². The van der Waals surface area contributed by atoms with Gasteiger partial charge in [-0.3, -0.25) is 9.59 Å². The second kappa shape index (κ2) is 6.47. The Morgan fingerprint density at radius 2 is 1.83 bits per heavy atom. The van der Waals surface area contributed by atoms with E-state index in [0.717, 1.165) is 0 Å². The van der Waals surface area contributed by atoms with Gasteiger partial charge in [0.15, 0.2) is 5.75 Å². The molecule has 1 amide bonds. The summed E-state index contributed by atoms with van der Waals surface area (Å²) in [5, 5.41) is 11.9. The zero-order valence-electron chi connectivity index (χ0n) is 9.50. The number of anilines is 1. The third-order valence-electron chi connectivity index (χ3n) is 2.08. The number of rotatable bonds is 4. The van der Waals surface area contributed by atoms with Crippen molar-refractivity contribution in [2.75, 3.05) is 12.4 Å². The van der Waals surface area contributed by atoms with Crippen molar-refractivity contribution >= 4 is 40.8 Å². The van der Waals surface area contributed by atoms with E-state index in [1.807, 2.05) is 0 Å². The largest absolute Gasteiger partial charge is 0.505 e. The first-order valence-corrected chi connectivity index (χ1v) is 5.74. The fraction of sp³-hybridized carbons (Fsp3) is 0.273. The van der Waals surface area contributed by atoms with Crippen LogP contribution in [0.2, 0.25) is 10.0 Å². The van der Waals surface area contributed by atoms with E-state index in [0.29, 0.717) is 5.69 Å². The van der Waals surface area contributed by atoms with Crippen LogP contribution in [0, 0.1) is 0 Å². The van der Waals surface area contributed by atoms with Crippen molar-refractivity contribution in [3.8, 4) is 5.75 Å². The van der Waals surface area contributed by atoms with Crippen LogP contribution >= 0.6 is 23.2 Å². The molecule has 0 fully saturated rings. The molecular weight excluding hydrogens is 281 g/mol. The molecule has 98 valence electrons. The SMILES string of the molecule is COC(=O)CCC(=O)Nc1cc(Cl)c(O)c(Cl)c1. The second-order valence-corrected chi connectivity index (χ2v) is 4.23. The molecule has 2 N–H and O–H groups in total. The maximum atomic E-state index is 11.5. The number of phenols is 1. The standard InChI is InChI=1S/C11H11Cl2NO4/c1-18-10(16)3-2-9(15)14-6-4-7(12)11(17)8(13)5-6/h4-5,17H,2-3H2,1H3,(H,14,15). The van der Waals surface area contributed by atoms with E-state index in [1.165, 1.54) is 19.2 Å². The number of hydrogen-bond acceptors (Lipinski definition) is 4. The number of halogens is 2. The van der Waals surface area contributed by atoms with E-state index in [-0.39, 0.29) is 34.5 Å². The average molecular weight is 292 g/mol. The topological polar surface area (TPSA) is 75.6 Å². The van der Waals surface area contributed by atoms with Crippen LogP contribution in [0.5, 0.6) is 5.75 Å². The normalized spacial score (nSPS) is 9.94. The maximum absolute atomic E-state index is 11.5. The number of carbonyl (C=O) groups excluding carboxylic acids is 2. The van der Waals surface area contributed by atoms with Crippen molar-refractivity contribution in [1.29, 1.82) is 0 Å². The minimum Gasteiger partial charge on any atom is -0.505 e. The molecule has 0 radical (unpaired) electrons. The third-order valence-corrected chi connectivity index (χ3v) is 2.66. The van der Waals surface area contributed by atoms with Gasteiger partial charge in [0.25, 0.3) is 0 Å². The number of carbonyl (C=O) groups is 2. The number of nitrogens with one attached hydrogen (secondary N) is 1. The van der Waals surface area contributed by atoms with Crippen LogP contribution in [-0.2, 0) is 14.3 Å². The molecule has 1 aromatic rings. The first-order valence-electron chi connectivity index (χ1n) is 4.98. The lowest BCUT2D eigenvalue weighted by atomic mass is 10.2. The van der Waals surface area contributed by atoms with E-state index in [1.54, 1.807) is 0 Å². The summed E-state index contributed by atoms with van der Waals surface area (Å²) < 4.78 is 4.41. The van der Waals surface area contributed by atoms with Crippen LogP contribution in [0.15, 0.2) is 12.1 Å². The zero-order valence-corrected chi connectivity index (χ0v) is 11.0. The molecule has 0 unspecified atom stereocenters. The number of amides is 1. The summed E-state index contributed by atoms with van der Waals surface area (Å²) in [6.45, 7) is 0.